The van der Waals surface area contributed by atoms with Crippen molar-refractivity contribution in [3.8, 4) is 0 Å². The van der Waals surface area contributed by atoms with Crippen LogP contribution in [0.4, 0.5) is 0 Å². The van der Waals surface area contributed by atoms with Crippen LogP contribution >= 0.6 is 0 Å². The molecule has 0 bridgehead atoms. The third-order valence-corrected chi connectivity index (χ3v) is 7.45. The largest absolute Gasteiger partial charge is 0.469 e. The molecular formula is C29H32N2O5. The van der Waals surface area contributed by atoms with E-state index in [9.17, 15) is 9.59 Å². The van der Waals surface area contributed by atoms with Crippen LogP contribution in [0.1, 0.15) is 37.5 Å². The van der Waals surface area contributed by atoms with Crippen LogP contribution in [0.2, 0.25) is 0 Å². The highest BCUT2D eigenvalue weighted by Gasteiger charge is 2.58. The summed E-state index contributed by atoms with van der Waals surface area (Å²) in [6.07, 6.45) is 5.11. The van der Waals surface area contributed by atoms with Gasteiger partial charge in [-0.15, -0.1) is 0 Å². The standard InChI is InChI=1S/C29H32N2O5/c1-21(16-25-8-5-15-35-25)19-30-13-11-29(12-14-30)26(28(33)34-2)18-27(32)31(29)36-20-22-9-10-23-6-3-4-7-24(23)17-22/h3-10,15-17,26H,11-14,18-20H2,1-2H3/b21-16+. The Morgan fingerprint density at radius 3 is 2.61 bits per heavy atom. The van der Waals surface area contributed by atoms with Gasteiger partial charge in [-0.05, 0) is 60.4 Å². The van der Waals surface area contributed by atoms with Crippen molar-refractivity contribution < 1.29 is 23.6 Å². The van der Waals surface area contributed by atoms with Gasteiger partial charge in [0.05, 0.1) is 24.8 Å². The van der Waals surface area contributed by atoms with E-state index in [0.717, 1.165) is 41.7 Å². The number of methoxy groups -OCH3 is 1. The maximum Gasteiger partial charge on any atom is 0.311 e. The van der Waals surface area contributed by atoms with E-state index in [0.29, 0.717) is 12.8 Å². The lowest BCUT2D eigenvalue weighted by Gasteiger charge is -2.45. The quantitative estimate of drug-likeness (QED) is 0.444. The molecule has 3 heterocycles. The number of hydrogen-bond acceptors (Lipinski definition) is 6. The minimum atomic E-state index is -0.698. The van der Waals surface area contributed by atoms with Crippen LogP contribution in [0.15, 0.2) is 70.9 Å². The zero-order chi connectivity index (χ0) is 25.1. The Kier molecular flexibility index (Phi) is 6.94. The van der Waals surface area contributed by atoms with Crippen LogP contribution in [-0.4, -0.2) is 54.1 Å². The number of carbonyl (C=O) groups excluding carboxylic acids is 2. The molecule has 2 saturated heterocycles. The van der Waals surface area contributed by atoms with Crippen LogP contribution in [-0.2, 0) is 25.8 Å². The summed E-state index contributed by atoms with van der Waals surface area (Å²) in [5, 5.41) is 3.79. The Hall–Kier alpha value is -3.42. The number of rotatable bonds is 7. The van der Waals surface area contributed by atoms with Gasteiger partial charge in [0.25, 0.3) is 0 Å². The fourth-order valence-electron chi connectivity index (χ4n) is 5.62. The third-order valence-electron chi connectivity index (χ3n) is 7.45. The van der Waals surface area contributed by atoms with Crippen molar-refractivity contribution in [3.05, 3.63) is 77.8 Å². The van der Waals surface area contributed by atoms with Gasteiger partial charge in [0.2, 0.25) is 5.91 Å². The van der Waals surface area contributed by atoms with Crippen LogP contribution in [0.3, 0.4) is 0 Å². The average Bonchev–Trinajstić information content (AvgIpc) is 3.49. The number of furan rings is 1. The number of carbonyl (C=O) groups is 2. The highest BCUT2D eigenvalue weighted by atomic mass is 16.7. The second kappa shape index (κ2) is 10.3. The Balaban J connectivity index is 1.31. The van der Waals surface area contributed by atoms with E-state index in [1.54, 1.807) is 6.26 Å². The smallest absolute Gasteiger partial charge is 0.311 e. The number of piperidine rings is 1. The molecule has 2 aliphatic rings. The molecule has 1 spiro atoms. The first kappa shape index (κ1) is 24.3. The summed E-state index contributed by atoms with van der Waals surface area (Å²) in [5.41, 5.74) is 1.47. The minimum Gasteiger partial charge on any atom is -0.469 e. The molecular weight excluding hydrogens is 456 g/mol. The Bertz CT molecular complexity index is 1260. The Morgan fingerprint density at radius 1 is 1.11 bits per heavy atom. The number of hydrogen-bond donors (Lipinski definition) is 0. The number of nitrogens with zero attached hydrogens (tertiary/aromatic N) is 2. The molecule has 5 rings (SSSR count). The molecule has 1 aromatic heterocycles. The van der Waals surface area contributed by atoms with Crippen molar-refractivity contribution >= 4 is 28.7 Å². The number of benzene rings is 2. The second-order valence-corrected chi connectivity index (χ2v) is 9.81. The molecule has 3 aromatic rings. The summed E-state index contributed by atoms with van der Waals surface area (Å²) in [6, 6.07) is 18.1. The molecule has 0 radical (unpaired) electrons. The zero-order valence-electron chi connectivity index (χ0n) is 20.8. The lowest BCUT2D eigenvalue weighted by molar-refractivity contribution is -0.229. The number of ether oxygens (including phenoxy) is 1. The first-order valence-electron chi connectivity index (χ1n) is 12.4. The fourth-order valence-corrected chi connectivity index (χ4v) is 5.62. The Labute approximate surface area is 211 Å². The number of esters is 1. The van der Waals surface area contributed by atoms with Crippen molar-refractivity contribution in [2.24, 2.45) is 5.92 Å². The van der Waals surface area contributed by atoms with Crippen molar-refractivity contribution in [1.29, 1.82) is 0 Å². The SMILES string of the molecule is COC(=O)C1CC(=O)N(OCc2ccc3ccccc3c2)C12CCN(C/C(C)=C/c1ccco1)CC2. The first-order valence-corrected chi connectivity index (χ1v) is 12.4. The normalized spacial score (nSPS) is 20.4. The number of hydroxylamine groups is 2. The van der Waals surface area contributed by atoms with Crippen LogP contribution < -0.4 is 0 Å². The average molecular weight is 489 g/mol. The molecule has 7 heteroatoms. The number of likely N-dealkylation sites (tertiary alicyclic amines) is 1. The van der Waals surface area contributed by atoms with Crippen LogP contribution in [0, 0.1) is 5.92 Å². The molecule has 1 atom stereocenters. The van der Waals surface area contributed by atoms with Crippen molar-refractivity contribution in [1.82, 2.24) is 9.96 Å². The highest BCUT2D eigenvalue weighted by molar-refractivity contribution is 5.88. The molecule has 2 fully saturated rings. The van der Waals surface area contributed by atoms with Crippen molar-refractivity contribution in [2.45, 2.75) is 38.3 Å². The van der Waals surface area contributed by atoms with Crippen molar-refractivity contribution in [3.63, 3.8) is 0 Å². The van der Waals surface area contributed by atoms with E-state index >= 15 is 0 Å². The van der Waals surface area contributed by atoms with E-state index in [4.69, 9.17) is 14.0 Å². The van der Waals surface area contributed by atoms with Crippen molar-refractivity contribution in [2.75, 3.05) is 26.7 Å². The van der Waals surface area contributed by atoms with Gasteiger partial charge < -0.3 is 9.15 Å². The van der Waals surface area contributed by atoms with Gasteiger partial charge in [0, 0.05) is 26.1 Å². The van der Waals surface area contributed by atoms with Crippen LogP contribution in [0.25, 0.3) is 16.8 Å². The van der Waals surface area contributed by atoms with E-state index in [-0.39, 0.29) is 24.9 Å². The zero-order valence-corrected chi connectivity index (χ0v) is 20.8. The summed E-state index contributed by atoms with van der Waals surface area (Å²) in [7, 11) is 1.39. The maximum atomic E-state index is 13.1. The topological polar surface area (TPSA) is 72.2 Å². The van der Waals surface area contributed by atoms with E-state index in [2.05, 4.69) is 36.1 Å². The summed E-state index contributed by atoms with van der Waals surface area (Å²) in [4.78, 5) is 34.4. The maximum absolute atomic E-state index is 13.1. The molecule has 7 nitrogen and oxygen atoms in total. The molecule has 0 N–H and O–H groups in total. The Morgan fingerprint density at radius 2 is 1.89 bits per heavy atom. The third kappa shape index (κ3) is 4.81. The predicted octanol–water partition coefficient (Wildman–Crippen LogP) is 4.82. The number of amides is 1. The van der Waals surface area contributed by atoms with Gasteiger partial charge >= 0.3 is 5.97 Å². The molecule has 1 unspecified atom stereocenters. The molecule has 2 aliphatic heterocycles. The molecule has 36 heavy (non-hydrogen) atoms. The monoisotopic (exact) mass is 488 g/mol. The summed E-state index contributed by atoms with van der Waals surface area (Å²) >= 11 is 0. The second-order valence-electron chi connectivity index (χ2n) is 9.81. The first-order chi connectivity index (χ1) is 17.5. The highest BCUT2D eigenvalue weighted by Crippen LogP contribution is 2.44. The molecule has 0 aliphatic carbocycles. The minimum absolute atomic E-state index is 0.113. The van der Waals surface area contributed by atoms with Gasteiger partial charge in [-0.1, -0.05) is 42.0 Å². The van der Waals surface area contributed by atoms with E-state index in [1.165, 1.54) is 17.7 Å². The molecule has 1 amide bonds. The molecule has 0 saturated carbocycles. The van der Waals surface area contributed by atoms with E-state index < -0.39 is 11.5 Å². The summed E-state index contributed by atoms with van der Waals surface area (Å²) in [5.74, 6) is -0.203. The van der Waals surface area contributed by atoms with Gasteiger partial charge in [-0.2, -0.15) is 0 Å². The molecule has 2 aromatic carbocycles. The number of fused-ring (bicyclic) bond motifs is 1. The summed E-state index contributed by atoms with van der Waals surface area (Å²) in [6.45, 7) is 4.65. The van der Waals surface area contributed by atoms with E-state index in [1.807, 2.05) is 36.4 Å². The lowest BCUT2D eigenvalue weighted by Crippen LogP contribution is -2.57. The fraction of sp³-hybridized carbons (Fsp3) is 0.379. The van der Waals surface area contributed by atoms with Gasteiger partial charge in [0.1, 0.15) is 12.4 Å². The van der Waals surface area contributed by atoms with Gasteiger partial charge in [0.15, 0.2) is 0 Å². The molecule has 188 valence electrons. The van der Waals surface area contributed by atoms with Gasteiger partial charge in [-0.3, -0.25) is 19.3 Å². The van der Waals surface area contributed by atoms with Crippen LogP contribution in [0.5, 0.6) is 0 Å². The lowest BCUT2D eigenvalue weighted by atomic mass is 9.77. The predicted molar refractivity (Wildman–Crippen MR) is 136 cm³/mol. The van der Waals surface area contributed by atoms with Gasteiger partial charge in [-0.25, -0.2) is 5.06 Å². The summed E-state index contributed by atoms with van der Waals surface area (Å²) < 4.78 is 10.5.